The number of fused-ring (bicyclic) bond motifs is 1. The summed E-state index contributed by atoms with van der Waals surface area (Å²) >= 11 is 3.43. The minimum atomic E-state index is -0.172. The average molecular weight is 345 g/mol. The molecule has 2 aromatic carbocycles. The first-order valence-electron chi connectivity index (χ1n) is 6.59. The zero-order chi connectivity index (χ0) is 14.8. The third kappa shape index (κ3) is 2.83. The van der Waals surface area contributed by atoms with Crippen molar-refractivity contribution < 1.29 is 9.59 Å². The number of carbonyl (C=O) groups excluding carboxylic acids is 2. The summed E-state index contributed by atoms with van der Waals surface area (Å²) in [4.78, 5) is 24.3. The van der Waals surface area contributed by atoms with E-state index in [0.29, 0.717) is 6.42 Å². The van der Waals surface area contributed by atoms with Gasteiger partial charge in [-0.3, -0.25) is 15.0 Å². The summed E-state index contributed by atoms with van der Waals surface area (Å²) in [5.74, 6) is -0.337. The molecule has 2 amide bonds. The molecule has 0 saturated heterocycles. The van der Waals surface area contributed by atoms with E-state index in [1.807, 2.05) is 48.5 Å². The van der Waals surface area contributed by atoms with Crippen LogP contribution in [0.1, 0.15) is 11.1 Å². The Morgan fingerprint density at radius 2 is 1.86 bits per heavy atom. The summed E-state index contributed by atoms with van der Waals surface area (Å²) < 4.78 is 0.884. The van der Waals surface area contributed by atoms with Gasteiger partial charge in [-0.2, -0.15) is 0 Å². The summed E-state index contributed by atoms with van der Waals surface area (Å²) in [5.41, 5.74) is 5.14. The molecule has 3 rings (SSSR count). The van der Waals surface area contributed by atoms with Crippen molar-refractivity contribution in [3.63, 3.8) is 0 Å². The molecule has 0 saturated carbocycles. The van der Waals surface area contributed by atoms with Crippen molar-refractivity contribution in [2.24, 2.45) is 0 Å². The van der Waals surface area contributed by atoms with E-state index < -0.39 is 0 Å². The molecular formula is C16H13BrN2O2. The topological polar surface area (TPSA) is 49.4 Å². The second-order valence-corrected chi connectivity index (χ2v) is 5.69. The molecular weight excluding hydrogens is 332 g/mol. The first kappa shape index (κ1) is 13.8. The van der Waals surface area contributed by atoms with Gasteiger partial charge in [-0.15, -0.1) is 0 Å². The summed E-state index contributed by atoms with van der Waals surface area (Å²) in [5, 5.41) is 1.35. The minimum Gasteiger partial charge on any atom is -0.273 e. The standard InChI is InChI=1S/C16H13BrN2O2/c17-13-7-3-1-5-11(13)10-16(21)19-14-8-4-2-6-12(14)9-15(20)18-19/h1-8H,9-10H2,(H,18,20). The van der Waals surface area contributed by atoms with Gasteiger partial charge in [0.15, 0.2) is 0 Å². The Morgan fingerprint density at radius 3 is 2.67 bits per heavy atom. The summed E-state index contributed by atoms with van der Waals surface area (Å²) in [7, 11) is 0. The molecule has 0 fully saturated rings. The van der Waals surface area contributed by atoms with Crippen molar-refractivity contribution >= 4 is 33.4 Å². The number of para-hydroxylation sites is 1. The number of nitrogens with zero attached hydrogens (tertiary/aromatic N) is 1. The van der Waals surface area contributed by atoms with E-state index in [4.69, 9.17) is 0 Å². The minimum absolute atomic E-state index is 0.164. The predicted octanol–water partition coefficient (Wildman–Crippen LogP) is 2.61. The average Bonchev–Trinajstić information content (AvgIpc) is 2.48. The van der Waals surface area contributed by atoms with Crippen LogP contribution in [0.2, 0.25) is 0 Å². The van der Waals surface area contributed by atoms with Gasteiger partial charge in [-0.1, -0.05) is 52.3 Å². The van der Waals surface area contributed by atoms with Gasteiger partial charge < -0.3 is 0 Å². The molecule has 1 N–H and O–H groups in total. The van der Waals surface area contributed by atoms with E-state index in [0.717, 1.165) is 21.3 Å². The summed E-state index contributed by atoms with van der Waals surface area (Å²) in [6, 6.07) is 15.0. The van der Waals surface area contributed by atoms with Crippen molar-refractivity contribution in [2.45, 2.75) is 12.8 Å². The lowest BCUT2D eigenvalue weighted by molar-refractivity contribution is -0.126. The van der Waals surface area contributed by atoms with Gasteiger partial charge in [0.1, 0.15) is 0 Å². The first-order chi connectivity index (χ1) is 10.1. The molecule has 0 atom stereocenters. The van der Waals surface area contributed by atoms with E-state index in [9.17, 15) is 9.59 Å². The normalized spacial score (nSPS) is 13.6. The Bertz CT molecular complexity index is 715. The highest BCUT2D eigenvalue weighted by atomic mass is 79.9. The fourth-order valence-corrected chi connectivity index (χ4v) is 2.78. The van der Waals surface area contributed by atoms with E-state index in [2.05, 4.69) is 21.4 Å². The zero-order valence-corrected chi connectivity index (χ0v) is 12.8. The second-order valence-electron chi connectivity index (χ2n) is 4.84. The van der Waals surface area contributed by atoms with Gasteiger partial charge in [0.25, 0.3) is 0 Å². The molecule has 1 aliphatic rings. The van der Waals surface area contributed by atoms with Gasteiger partial charge in [-0.25, -0.2) is 5.01 Å². The lowest BCUT2D eigenvalue weighted by atomic mass is 10.1. The first-order valence-corrected chi connectivity index (χ1v) is 7.38. The quantitative estimate of drug-likeness (QED) is 0.910. The molecule has 106 valence electrons. The Balaban J connectivity index is 1.88. The second kappa shape index (κ2) is 5.69. The fourth-order valence-electron chi connectivity index (χ4n) is 2.36. The zero-order valence-electron chi connectivity index (χ0n) is 11.2. The Labute approximate surface area is 130 Å². The van der Waals surface area contributed by atoms with Crippen LogP contribution in [0.15, 0.2) is 53.0 Å². The number of carbonyl (C=O) groups is 2. The monoisotopic (exact) mass is 344 g/mol. The Hall–Kier alpha value is -2.14. The molecule has 1 aliphatic heterocycles. The van der Waals surface area contributed by atoms with Crippen LogP contribution in [0.25, 0.3) is 0 Å². The van der Waals surface area contributed by atoms with Gasteiger partial charge in [0.2, 0.25) is 11.8 Å². The van der Waals surface area contributed by atoms with Gasteiger partial charge in [0, 0.05) is 4.47 Å². The van der Waals surface area contributed by atoms with E-state index in [1.165, 1.54) is 5.01 Å². The molecule has 2 aromatic rings. The fraction of sp³-hybridized carbons (Fsp3) is 0.125. The maximum Gasteiger partial charge on any atom is 0.250 e. The lowest BCUT2D eigenvalue weighted by Gasteiger charge is -2.29. The number of nitrogens with one attached hydrogen (secondary N) is 1. The Morgan fingerprint density at radius 1 is 1.14 bits per heavy atom. The number of benzene rings is 2. The summed E-state index contributed by atoms with van der Waals surface area (Å²) in [6.07, 6.45) is 0.519. The number of hydrazine groups is 1. The van der Waals surface area contributed by atoms with E-state index >= 15 is 0 Å². The van der Waals surface area contributed by atoms with Crippen LogP contribution < -0.4 is 10.4 Å². The molecule has 0 aliphatic carbocycles. The Kier molecular flexibility index (Phi) is 3.75. The van der Waals surface area contributed by atoms with Crippen LogP contribution in [0.3, 0.4) is 0 Å². The third-order valence-corrected chi connectivity index (χ3v) is 4.14. The SMILES string of the molecule is O=C1Cc2ccccc2N(C(=O)Cc2ccccc2Br)N1. The van der Waals surface area contributed by atoms with Crippen LogP contribution in [0.5, 0.6) is 0 Å². The van der Waals surface area contributed by atoms with Crippen molar-refractivity contribution in [3.8, 4) is 0 Å². The highest BCUT2D eigenvalue weighted by Gasteiger charge is 2.26. The van der Waals surface area contributed by atoms with Crippen LogP contribution in [0.4, 0.5) is 5.69 Å². The predicted molar refractivity (Wildman–Crippen MR) is 83.6 cm³/mol. The number of rotatable bonds is 2. The van der Waals surface area contributed by atoms with Crippen molar-refractivity contribution in [1.29, 1.82) is 0 Å². The largest absolute Gasteiger partial charge is 0.273 e. The van der Waals surface area contributed by atoms with E-state index in [-0.39, 0.29) is 18.2 Å². The molecule has 4 nitrogen and oxygen atoms in total. The molecule has 21 heavy (non-hydrogen) atoms. The van der Waals surface area contributed by atoms with Gasteiger partial charge in [-0.05, 0) is 23.3 Å². The number of hydrogen-bond acceptors (Lipinski definition) is 2. The van der Waals surface area contributed by atoms with Crippen LogP contribution >= 0.6 is 15.9 Å². The number of hydrogen-bond donors (Lipinski definition) is 1. The molecule has 0 bridgehead atoms. The maximum atomic E-state index is 12.5. The molecule has 5 heteroatoms. The third-order valence-electron chi connectivity index (χ3n) is 3.37. The van der Waals surface area contributed by atoms with Crippen molar-refractivity contribution in [3.05, 3.63) is 64.1 Å². The van der Waals surface area contributed by atoms with Crippen molar-refractivity contribution in [2.75, 3.05) is 5.01 Å². The molecule has 0 spiro atoms. The van der Waals surface area contributed by atoms with Crippen LogP contribution in [0, 0.1) is 0 Å². The summed E-state index contributed by atoms with van der Waals surface area (Å²) in [6.45, 7) is 0. The highest BCUT2D eigenvalue weighted by molar-refractivity contribution is 9.10. The number of halogens is 1. The van der Waals surface area contributed by atoms with Gasteiger partial charge in [0.05, 0.1) is 18.5 Å². The van der Waals surface area contributed by atoms with E-state index in [1.54, 1.807) is 0 Å². The maximum absolute atomic E-state index is 12.5. The number of amides is 2. The smallest absolute Gasteiger partial charge is 0.250 e. The number of anilines is 1. The van der Waals surface area contributed by atoms with Gasteiger partial charge >= 0.3 is 0 Å². The highest BCUT2D eigenvalue weighted by Crippen LogP contribution is 2.25. The molecule has 0 aromatic heterocycles. The van der Waals surface area contributed by atoms with Crippen molar-refractivity contribution in [1.82, 2.24) is 5.43 Å². The molecule has 0 radical (unpaired) electrons. The van der Waals surface area contributed by atoms with Crippen LogP contribution in [-0.2, 0) is 22.4 Å². The molecule has 1 heterocycles. The van der Waals surface area contributed by atoms with Crippen LogP contribution in [-0.4, -0.2) is 11.8 Å². The molecule has 0 unspecified atom stereocenters. The lowest BCUT2D eigenvalue weighted by Crippen LogP contribution is -2.51.